The van der Waals surface area contributed by atoms with Crippen LogP contribution >= 0.6 is 22.6 Å². The molecule has 1 aromatic heterocycles. The average molecular weight is 403 g/mol. The summed E-state index contributed by atoms with van der Waals surface area (Å²) in [6.07, 6.45) is 7.91. The van der Waals surface area contributed by atoms with Crippen molar-refractivity contribution >= 4 is 40.7 Å². The van der Waals surface area contributed by atoms with Gasteiger partial charge in [0.25, 0.3) is 0 Å². The molecule has 5 heteroatoms. The topological polar surface area (TPSA) is 49.9 Å². The second-order valence-electron chi connectivity index (χ2n) is 5.44. The highest BCUT2D eigenvalue weighted by Gasteiger charge is 2.21. The molecule has 2 unspecified atom stereocenters. The summed E-state index contributed by atoms with van der Waals surface area (Å²) in [5.74, 6) is 0. The molecule has 22 heavy (non-hydrogen) atoms. The molecule has 0 bridgehead atoms. The van der Waals surface area contributed by atoms with Crippen molar-refractivity contribution in [2.24, 2.45) is 9.98 Å². The van der Waals surface area contributed by atoms with Gasteiger partial charge in [0.15, 0.2) is 5.49 Å². The first-order chi connectivity index (χ1) is 10.7. The average Bonchev–Trinajstić information content (AvgIpc) is 3.08. The first-order valence-corrected chi connectivity index (χ1v) is 8.24. The van der Waals surface area contributed by atoms with Crippen molar-refractivity contribution in [2.75, 3.05) is 0 Å². The van der Waals surface area contributed by atoms with Gasteiger partial charge in [-0.15, -0.1) is 0 Å². The van der Waals surface area contributed by atoms with Gasteiger partial charge < -0.3 is 9.67 Å². The zero-order chi connectivity index (χ0) is 15.1. The van der Waals surface area contributed by atoms with Crippen LogP contribution in [0.15, 0.2) is 52.5 Å². The van der Waals surface area contributed by atoms with Gasteiger partial charge in [0.2, 0.25) is 0 Å². The molecule has 4 nitrogen and oxygen atoms in total. The number of aliphatic hydroxyl groups excluding tert-OH is 1. The van der Waals surface area contributed by atoms with Crippen LogP contribution in [0.3, 0.4) is 0 Å². The third-order valence-electron chi connectivity index (χ3n) is 4.05. The Morgan fingerprint density at radius 2 is 2.09 bits per heavy atom. The van der Waals surface area contributed by atoms with Gasteiger partial charge >= 0.3 is 0 Å². The minimum Gasteiger partial charge on any atom is -0.388 e. The fourth-order valence-corrected chi connectivity index (χ4v) is 3.33. The van der Waals surface area contributed by atoms with Gasteiger partial charge in [-0.05, 0) is 52.4 Å². The standard InChI is InChI=1S/C17H14IN3O/c18-12-6-4-11(5-7-12)16(22)9-14-3-1-2-13-8-15-17(21(13)14)20-10-19-15/h1-8,10,14,16,22H,9H2. The molecular weight excluding hydrogens is 389 g/mol. The van der Waals surface area contributed by atoms with Crippen LogP contribution in [0, 0.1) is 3.57 Å². The predicted octanol–water partition coefficient (Wildman–Crippen LogP) is 2.40. The summed E-state index contributed by atoms with van der Waals surface area (Å²) in [6.45, 7) is 0. The summed E-state index contributed by atoms with van der Waals surface area (Å²) in [7, 11) is 0. The molecule has 3 heterocycles. The lowest BCUT2D eigenvalue weighted by Crippen LogP contribution is -2.32. The highest BCUT2D eigenvalue weighted by Crippen LogP contribution is 2.26. The molecule has 2 aliphatic heterocycles. The van der Waals surface area contributed by atoms with Crippen molar-refractivity contribution in [3.8, 4) is 0 Å². The number of allylic oxidation sites excluding steroid dienone is 2. The van der Waals surface area contributed by atoms with Crippen molar-refractivity contribution in [1.82, 2.24) is 4.57 Å². The van der Waals surface area contributed by atoms with Crippen LogP contribution in [0.25, 0.3) is 6.08 Å². The van der Waals surface area contributed by atoms with E-state index in [2.05, 4.69) is 49.3 Å². The van der Waals surface area contributed by atoms with Crippen LogP contribution in [0.2, 0.25) is 0 Å². The molecule has 1 N–H and O–H groups in total. The summed E-state index contributed by atoms with van der Waals surface area (Å²) in [6, 6.07) is 10.1. The zero-order valence-electron chi connectivity index (χ0n) is 11.7. The van der Waals surface area contributed by atoms with Crippen LogP contribution in [0.1, 0.15) is 24.1 Å². The summed E-state index contributed by atoms with van der Waals surface area (Å²) in [4.78, 5) is 8.61. The smallest absolute Gasteiger partial charge is 0.161 e. The van der Waals surface area contributed by atoms with Crippen LogP contribution < -0.4 is 10.8 Å². The largest absolute Gasteiger partial charge is 0.388 e. The van der Waals surface area contributed by atoms with Gasteiger partial charge in [-0.2, -0.15) is 0 Å². The molecule has 2 aromatic rings. The van der Waals surface area contributed by atoms with Crippen LogP contribution in [0.4, 0.5) is 5.69 Å². The number of rotatable bonds is 3. The number of aromatic nitrogens is 1. The van der Waals surface area contributed by atoms with Gasteiger partial charge in [0.05, 0.1) is 12.1 Å². The lowest BCUT2D eigenvalue weighted by atomic mass is 10.0. The summed E-state index contributed by atoms with van der Waals surface area (Å²) in [5, 5.41) is 11.6. The number of aliphatic imine (C=N–C) groups is 1. The Hall–Kier alpha value is -1.73. The number of nitrogens with zero attached hydrogens (tertiary/aromatic N) is 3. The Kier molecular flexibility index (Phi) is 3.46. The summed E-state index contributed by atoms with van der Waals surface area (Å²) >= 11 is 2.27. The normalized spacial score (nSPS) is 19.3. The maximum Gasteiger partial charge on any atom is 0.161 e. The Bertz CT molecular complexity index is 893. The molecule has 0 fully saturated rings. The monoisotopic (exact) mass is 403 g/mol. The highest BCUT2D eigenvalue weighted by molar-refractivity contribution is 14.1. The lowest BCUT2D eigenvalue weighted by molar-refractivity contribution is 0.152. The van der Waals surface area contributed by atoms with E-state index in [4.69, 9.17) is 0 Å². The number of benzene rings is 1. The number of fused-ring (bicyclic) bond motifs is 3. The molecule has 0 amide bonds. The molecule has 2 aliphatic rings. The number of aliphatic hydroxyl groups is 1. The fourth-order valence-electron chi connectivity index (χ4n) is 2.97. The molecule has 0 radical (unpaired) electrons. The number of hydrogen-bond donors (Lipinski definition) is 1. The van der Waals surface area contributed by atoms with Gasteiger partial charge in [0, 0.05) is 15.3 Å². The first kappa shape index (κ1) is 13.9. The SMILES string of the molecule is OC(CC1C=CC=c2cc3c(n21)=NC=N3)c1ccc(I)cc1. The number of hydrogen-bond acceptors (Lipinski definition) is 3. The van der Waals surface area contributed by atoms with E-state index in [1.165, 1.54) is 3.57 Å². The van der Waals surface area contributed by atoms with E-state index in [0.717, 1.165) is 22.1 Å². The minimum atomic E-state index is -0.502. The van der Waals surface area contributed by atoms with Crippen molar-refractivity contribution in [2.45, 2.75) is 18.6 Å². The molecule has 0 aliphatic carbocycles. The van der Waals surface area contributed by atoms with E-state index < -0.39 is 6.10 Å². The number of halogens is 1. The Morgan fingerprint density at radius 1 is 1.27 bits per heavy atom. The predicted molar refractivity (Wildman–Crippen MR) is 94.7 cm³/mol. The van der Waals surface area contributed by atoms with Gasteiger partial charge in [-0.25, -0.2) is 9.98 Å². The van der Waals surface area contributed by atoms with Crippen molar-refractivity contribution in [3.05, 3.63) is 62.5 Å². The molecule has 0 saturated carbocycles. The van der Waals surface area contributed by atoms with Gasteiger partial charge in [-0.1, -0.05) is 24.3 Å². The Labute approximate surface area is 141 Å². The second kappa shape index (κ2) is 5.48. The minimum absolute atomic E-state index is 0.0866. The maximum atomic E-state index is 10.6. The molecule has 110 valence electrons. The Balaban J connectivity index is 1.65. The Morgan fingerprint density at radius 3 is 2.91 bits per heavy atom. The lowest BCUT2D eigenvalue weighted by Gasteiger charge is -2.21. The van der Waals surface area contributed by atoms with E-state index in [0.29, 0.717) is 6.42 Å². The fraction of sp³-hybridized carbons (Fsp3) is 0.176. The van der Waals surface area contributed by atoms with Crippen molar-refractivity contribution in [3.63, 3.8) is 0 Å². The van der Waals surface area contributed by atoms with Crippen molar-refractivity contribution in [1.29, 1.82) is 0 Å². The molecular formula is C17H14IN3O. The van der Waals surface area contributed by atoms with Crippen LogP contribution in [-0.4, -0.2) is 16.0 Å². The maximum absolute atomic E-state index is 10.6. The quantitative estimate of drug-likeness (QED) is 0.787. The van der Waals surface area contributed by atoms with Gasteiger partial charge in [-0.3, -0.25) is 0 Å². The van der Waals surface area contributed by atoms with E-state index in [1.807, 2.05) is 36.4 Å². The molecule has 4 rings (SSSR count). The van der Waals surface area contributed by atoms with E-state index >= 15 is 0 Å². The van der Waals surface area contributed by atoms with Crippen LogP contribution in [-0.2, 0) is 0 Å². The zero-order valence-corrected chi connectivity index (χ0v) is 13.9. The van der Waals surface area contributed by atoms with Crippen molar-refractivity contribution < 1.29 is 5.11 Å². The molecule has 0 saturated heterocycles. The molecule has 0 spiro atoms. The third kappa shape index (κ3) is 2.34. The molecule has 2 atom stereocenters. The first-order valence-electron chi connectivity index (χ1n) is 7.16. The van der Waals surface area contributed by atoms with Gasteiger partial charge in [0.1, 0.15) is 12.0 Å². The summed E-state index contributed by atoms with van der Waals surface area (Å²) < 4.78 is 3.32. The van der Waals surface area contributed by atoms with Crippen LogP contribution in [0.5, 0.6) is 0 Å². The third-order valence-corrected chi connectivity index (χ3v) is 4.77. The van der Waals surface area contributed by atoms with E-state index in [1.54, 1.807) is 6.34 Å². The van der Waals surface area contributed by atoms with E-state index in [-0.39, 0.29) is 6.04 Å². The van der Waals surface area contributed by atoms with E-state index in [9.17, 15) is 5.11 Å². The second-order valence-corrected chi connectivity index (χ2v) is 6.69. The summed E-state index contributed by atoms with van der Waals surface area (Å²) in [5.41, 5.74) is 2.74. The highest BCUT2D eigenvalue weighted by atomic mass is 127. The molecule has 1 aromatic carbocycles.